The number of hydrogen-bond donors (Lipinski definition) is 0. The van der Waals surface area contributed by atoms with Gasteiger partial charge >= 0.3 is 18.9 Å². The molecule has 1 aliphatic rings. The summed E-state index contributed by atoms with van der Waals surface area (Å²) in [5.74, 6) is -0.911. The molecular weight excluding hydrogens is 290 g/mol. The van der Waals surface area contributed by atoms with Gasteiger partial charge in [-0.1, -0.05) is 34.3 Å². The van der Waals surface area contributed by atoms with Gasteiger partial charge in [-0.2, -0.15) is 29.8 Å². The fraction of sp³-hybridized carbons (Fsp3) is 0.200. The van der Waals surface area contributed by atoms with Crippen LogP contribution in [0.1, 0.15) is 11.1 Å². The van der Waals surface area contributed by atoms with Crippen LogP contribution in [0, 0.1) is 6.07 Å². The Bertz CT molecular complexity index is 581. The molecular formula is C15H11Cl2LiO2. The maximum Gasteiger partial charge on any atom is 1.00 e. The molecule has 1 saturated heterocycles. The summed E-state index contributed by atoms with van der Waals surface area (Å²) >= 11 is 12.0. The predicted molar refractivity (Wildman–Crippen MR) is 74.4 cm³/mol. The zero-order chi connectivity index (χ0) is 13.3. The van der Waals surface area contributed by atoms with E-state index >= 15 is 0 Å². The van der Waals surface area contributed by atoms with Crippen molar-refractivity contribution < 1.29 is 28.3 Å². The van der Waals surface area contributed by atoms with Crippen LogP contribution in [-0.4, -0.2) is 13.2 Å². The molecule has 0 spiro atoms. The molecule has 3 rings (SSSR count). The van der Waals surface area contributed by atoms with Crippen molar-refractivity contribution in [2.75, 3.05) is 13.2 Å². The fourth-order valence-electron chi connectivity index (χ4n) is 2.21. The molecule has 0 N–H and O–H groups in total. The standard InChI is InChI=1S/C15H11Cl2O2.Li/c16-13-6-4-11(5-7-13)15(18-8-9-19-15)12-2-1-3-14(17)10-12;/h2-7,10H,8-9H2;/q-1;+1. The Balaban J connectivity index is 0.00000147. The molecule has 1 aliphatic heterocycles. The number of halogens is 2. The van der Waals surface area contributed by atoms with Crippen molar-refractivity contribution in [3.05, 3.63) is 69.7 Å². The van der Waals surface area contributed by atoms with E-state index in [1.807, 2.05) is 36.4 Å². The first kappa shape index (κ1) is 15.9. The molecule has 0 aromatic heterocycles. The average molecular weight is 301 g/mol. The van der Waals surface area contributed by atoms with Gasteiger partial charge in [0.2, 0.25) is 0 Å². The van der Waals surface area contributed by atoms with Gasteiger partial charge in [0.1, 0.15) is 0 Å². The Morgan fingerprint density at radius 2 is 1.55 bits per heavy atom. The van der Waals surface area contributed by atoms with Crippen LogP contribution in [0.2, 0.25) is 10.0 Å². The van der Waals surface area contributed by atoms with Crippen LogP contribution in [-0.2, 0) is 15.3 Å². The van der Waals surface area contributed by atoms with Crippen LogP contribution >= 0.6 is 23.2 Å². The van der Waals surface area contributed by atoms with E-state index in [-0.39, 0.29) is 18.9 Å². The van der Waals surface area contributed by atoms with Gasteiger partial charge in [-0.15, -0.1) is 6.07 Å². The van der Waals surface area contributed by atoms with Crippen molar-refractivity contribution in [2.24, 2.45) is 0 Å². The smallest absolute Gasteiger partial charge is 0.350 e. The molecule has 2 aromatic rings. The number of benzene rings is 2. The first-order valence-corrected chi connectivity index (χ1v) is 6.67. The molecule has 98 valence electrons. The van der Waals surface area contributed by atoms with Crippen molar-refractivity contribution in [1.82, 2.24) is 0 Å². The third-order valence-corrected chi connectivity index (χ3v) is 3.52. The van der Waals surface area contributed by atoms with Crippen LogP contribution in [0.15, 0.2) is 42.5 Å². The zero-order valence-corrected chi connectivity index (χ0v) is 12.5. The maximum atomic E-state index is 6.03. The topological polar surface area (TPSA) is 18.5 Å². The number of ether oxygens (including phenoxy) is 2. The Morgan fingerprint density at radius 1 is 0.900 bits per heavy atom. The molecule has 2 nitrogen and oxygen atoms in total. The van der Waals surface area contributed by atoms with Crippen molar-refractivity contribution in [2.45, 2.75) is 5.79 Å². The summed E-state index contributed by atoms with van der Waals surface area (Å²) in [6.07, 6.45) is 0. The quantitative estimate of drug-likeness (QED) is 0.610. The molecule has 0 atom stereocenters. The third-order valence-electron chi connectivity index (χ3n) is 3.05. The molecule has 1 fully saturated rings. The van der Waals surface area contributed by atoms with Gasteiger partial charge in [-0.05, 0) is 12.1 Å². The minimum atomic E-state index is -0.911. The van der Waals surface area contributed by atoms with Gasteiger partial charge in [0, 0.05) is 10.6 Å². The second kappa shape index (κ2) is 6.53. The Labute approximate surface area is 140 Å². The minimum Gasteiger partial charge on any atom is -0.350 e. The normalized spacial score (nSPS) is 16.7. The Morgan fingerprint density at radius 3 is 2.15 bits per heavy atom. The summed E-state index contributed by atoms with van der Waals surface area (Å²) in [5.41, 5.74) is 1.73. The molecule has 0 amide bonds. The van der Waals surface area contributed by atoms with Gasteiger partial charge in [0.05, 0.1) is 13.2 Å². The van der Waals surface area contributed by atoms with Crippen molar-refractivity contribution in [3.8, 4) is 0 Å². The summed E-state index contributed by atoms with van der Waals surface area (Å²) in [5, 5.41) is 1.28. The first-order chi connectivity index (χ1) is 9.21. The second-order valence-corrected chi connectivity index (χ2v) is 5.13. The van der Waals surface area contributed by atoms with E-state index in [0.29, 0.717) is 23.3 Å². The van der Waals surface area contributed by atoms with E-state index < -0.39 is 5.79 Å². The number of hydrogen-bond acceptors (Lipinski definition) is 2. The van der Waals surface area contributed by atoms with Crippen LogP contribution < -0.4 is 18.9 Å². The maximum absolute atomic E-state index is 6.03. The molecule has 0 radical (unpaired) electrons. The summed E-state index contributed by atoms with van der Waals surface area (Å²) in [6.45, 7) is 1.07. The molecule has 0 saturated carbocycles. The van der Waals surface area contributed by atoms with Crippen molar-refractivity contribution in [1.29, 1.82) is 0 Å². The second-order valence-electron chi connectivity index (χ2n) is 4.26. The van der Waals surface area contributed by atoms with Gasteiger partial charge in [-0.25, -0.2) is 0 Å². The van der Waals surface area contributed by atoms with Gasteiger partial charge in [0.15, 0.2) is 5.79 Å². The molecule has 0 unspecified atom stereocenters. The summed E-state index contributed by atoms with van der Waals surface area (Å²) in [6, 6.07) is 15.8. The van der Waals surface area contributed by atoms with Gasteiger partial charge in [0.25, 0.3) is 0 Å². The molecule has 5 heteroatoms. The summed E-state index contributed by atoms with van der Waals surface area (Å²) in [4.78, 5) is 0. The largest absolute Gasteiger partial charge is 1.00 e. The van der Waals surface area contributed by atoms with Crippen LogP contribution in [0.25, 0.3) is 0 Å². The van der Waals surface area contributed by atoms with E-state index in [1.54, 1.807) is 6.07 Å². The minimum absolute atomic E-state index is 0. The molecule has 2 aromatic carbocycles. The van der Waals surface area contributed by atoms with Crippen LogP contribution in [0.5, 0.6) is 0 Å². The van der Waals surface area contributed by atoms with Crippen LogP contribution in [0.4, 0.5) is 0 Å². The third kappa shape index (κ3) is 2.92. The van der Waals surface area contributed by atoms with Gasteiger partial charge in [-0.3, -0.25) is 0 Å². The monoisotopic (exact) mass is 300 g/mol. The van der Waals surface area contributed by atoms with E-state index in [0.717, 1.165) is 11.1 Å². The van der Waals surface area contributed by atoms with E-state index in [9.17, 15) is 0 Å². The molecule has 1 heterocycles. The fourth-order valence-corrected chi connectivity index (χ4v) is 2.52. The van der Waals surface area contributed by atoms with Gasteiger partial charge < -0.3 is 9.47 Å². The molecule has 0 aliphatic carbocycles. The zero-order valence-electron chi connectivity index (χ0n) is 11.0. The van der Waals surface area contributed by atoms with Crippen molar-refractivity contribution in [3.63, 3.8) is 0 Å². The average Bonchev–Trinajstić information content (AvgIpc) is 2.90. The summed E-state index contributed by atoms with van der Waals surface area (Å²) in [7, 11) is 0. The Hall–Kier alpha value is -0.463. The predicted octanol–water partition coefficient (Wildman–Crippen LogP) is 1.05. The Kier molecular flexibility index (Phi) is 5.20. The van der Waals surface area contributed by atoms with Crippen LogP contribution in [0.3, 0.4) is 0 Å². The van der Waals surface area contributed by atoms with Crippen molar-refractivity contribution >= 4 is 23.2 Å². The SMILES string of the molecule is Clc1ccc(C2(c3c[c-]cc(Cl)c3)OCCO2)cc1.[Li+]. The number of rotatable bonds is 2. The molecule has 20 heavy (non-hydrogen) atoms. The van der Waals surface area contributed by atoms with E-state index in [2.05, 4.69) is 6.07 Å². The first-order valence-electron chi connectivity index (χ1n) is 5.92. The molecule has 0 bridgehead atoms. The summed E-state index contributed by atoms with van der Waals surface area (Å²) < 4.78 is 11.7. The van der Waals surface area contributed by atoms with E-state index in [1.165, 1.54) is 0 Å². The van der Waals surface area contributed by atoms with E-state index in [4.69, 9.17) is 32.7 Å².